The topological polar surface area (TPSA) is 12.0 Å². The molecule has 1 nitrogen and oxygen atoms in total. The summed E-state index contributed by atoms with van der Waals surface area (Å²) in [7, 11) is 0. The fourth-order valence-corrected chi connectivity index (χ4v) is 3.18. The zero-order valence-electron chi connectivity index (χ0n) is 9.48. The van der Waals surface area contributed by atoms with Crippen molar-refractivity contribution in [3.05, 3.63) is 44.8 Å². The van der Waals surface area contributed by atoms with Gasteiger partial charge in [-0.3, -0.25) is 0 Å². The van der Waals surface area contributed by atoms with Crippen LogP contribution in [-0.2, 0) is 6.42 Å². The first-order chi connectivity index (χ1) is 7.86. The Bertz CT molecular complexity index is 378. The summed E-state index contributed by atoms with van der Waals surface area (Å²) in [5, 5.41) is 7.85. The second-order valence-electron chi connectivity index (χ2n) is 3.87. The molecule has 1 unspecified atom stereocenters. The first-order valence-electron chi connectivity index (χ1n) is 5.65. The minimum atomic E-state index is 0.489. The van der Waals surface area contributed by atoms with Gasteiger partial charge in [-0.15, -0.1) is 22.7 Å². The molecule has 0 radical (unpaired) electrons. The smallest absolute Gasteiger partial charge is 0.0386 e. The predicted molar refractivity (Wildman–Crippen MR) is 73.4 cm³/mol. The molecule has 2 rings (SSSR count). The maximum atomic E-state index is 3.56. The van der Waals surface area contributed by atoms with Gasteiger partial charge in [0.1, 0.15) is 0 Å². The molecule has 0 saturated heterocycles. The van der Waals surface area contributed by atoms with Crippen LogP contribution >= 0.6 is 22.7 Å². The van der Waals surface area contributed by atoms with E-state index in [9.17, 15) is 0 Å². The standard InChI is InChI=1S/C13H17NS2/c1-11(13-7-4-10-16-13)14-8-2-5-12-6-3-9-15-12/h3-4,6-7,9-11,14H,2,5,8H2,1H3. The van der Waals surface area contributed by atoms with Crippen molar-refractivity contribution in [1.29, 1.82) is 0 Å². The Balaban J connectivity index is 1.65. The minimum Gasteiger partial charge on any atom is -0.309 e. The lowest BCUT2D eigenvalue weighted by Crippen LogP contribution is -2.19. The Kier molecular flexibility index (Phi) is 4.57. The lowest BCUT2D eigenvalue weighted by molar-refractivity contribution is 0.566. The van der Waals surface area contributed by atoms with Crippen LogP contribution in [0.1, 0.15) is 29.1 Å². The van der Waals surface area contributed by atoms with Gasteiger partial charge in [0.05, 0.1) is 0 Å². The predicted octanol–water partition coefficient (Wildman–Crippen LogP) is 4.09. The molecule has 0 aliphatic carbocycles. The van der Waals surface area contributed by atoms with Crippen molar-refractivity contribution in [2.45, 2.75) is 25.8 Å². The van der Waals surface area contributed by atoms with Gasteiger partial charge >= 0.3 is 0 Å². The highest BCUT2D eigenvalue weighted by Gasteiger charge is 2.04. The molecular formula is C13H17NS2. The van der Waals surface area contributed by atoms with Crippen LogP contribution in [0.15, 0.2) is 35.0 Å². The van der Waals surface area contributed by atoms with Gasteiger partial charge in [-0.2, -0.15) is 0 Å². The fraction of sp³-hybridized carbons (Fsp3) is 0.385. The lowest BCUT2D eigenvalue weighted by Gasteiger charge is -2.11. The second-order valence-corrected chi connectivity index (χ2v) is 5.89. The summed E-state index contributed by atoms with van der Waals surface area (Å²) >= 11 is 3.68. The van der Waals surface area contributed by atoms with Crippen molar-refractivity contribution in [2.24, 2.45) is 0 Å². The highest BCUT2D eigenvalue weighted by atomic mass is 32.1. The van der Waals surface area contributed by atoms with Crippen LogP contribution in [0, 0.1) is 0 Å². The third-order valence-corrected chi connectivity index (χ3v) is 4.59. The average molecular weight is 251 g/mol. The van der Waals surface area contributed by atoms with Crippen LogP contribution in [0.4, 0.5) is 0 Å². The third-order valence-electron chi connectivity index (χ3n) is 2.60. The number of hydrogen-bond donors (Lipinski definition) is 1. The summed E-state index contributed by atoms with van der Waals surface area (Å²) < 4.78 is 0. The summed E-state index contributed by atoms with van der Waals surface area (Å²) in [4.78, 5) is 2.92. The molecular weight excluding hydrogens is 234 g/mol. The van der Waals surface area contributed by atoms with Crippen molar-refractivity contribution >= 4 is 22.7 Å². The highest BCUT2D eigenvalue weighted by Crippen LogP contribution is 2.18. The van der Waals surface area contributed by atoms with Gasteiger partial charge in [0.25, 0.3) is 0 Å². The fourth-order valence-electron chi connectivity index (χ4n) is 1.67. The molecule has 1 atom stereocenters. The van der Waals surface area contributed by atoms with Gasteiger partial charge in [0.2, 0.25) is 0 Å². The summed E-state index contributed by atoms with van der Waals surface area (Å²) in [6.45, 7) is 3.33. The molecule has 2 aromatic rings. The highest BCUT2D eigenvalue weighted by molar-refractivity contribution is 7.10. The minimum absolute atomic E-state index is 0.489. The summed E-state index contributed by atoms with van der Waals surface area (Å²) in [5.74, 6) is 0. The third kappa shape index (κ3) is 3.44. The Hall–Kier alpha value is -0.640. The van der Waals surface area contributed by atoms with Crippen molar-refractivity contribution in [3.63, 3.8) is 0 Å². The van der Waals surface area contributed by atoms with E-state index in [4.69, 9.17) is 0 Å². The maximum absolute atomic E-state index is 3.56. The molecule has 1 N–H and O–H groups in total. The number of aryl methyl sites for hydroxylation is 1. The Morgan fingerprint density at radius 1 is 1.19 bits per heavy atom. The van der Waals surface area contributed by atoms with E-state index >= 15 is 0 Å². The number of rotatable bonds is 6. The summed E-state index contributed by atoms with van der Waals surface area (Å²) in [6, 6.07) is 9.14. The first-order valence-corrected chi connectivity index (χ1v) is 7.41. The molecule has 86 valence electrons. The van der Waals surface area contributed by atoms with Gasteiger partial charge in [-0.05, 0) is 49.2 Å². The van der Waals surface area contributed by atoms with E-state index in [0.29, 0.717) is 6.04 Å². The Morgan fingerprint density at radius 2 is 2.00 bits per heavy atom. The SMILES string of the molecule is CC(NCCCc1cccs1)c1cccs1. The van der Waals surface area contributed by atoms with E-state index in [0.717, 1.165) is 6.54 Å². The first kappa shape index (κ1) is 11.8. The molecule has 16 heavy (non-hydrogen) atoms. The number of thiophene rings is 2. The molecule has 0 fully saturated rings. The largest absolute Gasteiger partial charge is 0.309 e. The average Bonchev–Trinajstić information content (AvgIpc) is 2.96. The summed E-state index contributed by atoms with van der Waals surface area (Å²) in [5.41, 5.74) is 0. The van der Waals surface area contributed by atoms with E-state index in [-0.39, 0.29) is 0 Å². The van der Waals surface area contributed by atoms with E-state index in [1.807, 2.05) is 22.7 Å². The Labute approximate surface area is 105 Å². The van der Waals surface area contributed by atoms with Crippen molar-refractivity contribution in [3.8, 4) is 0 Å². The molecule has 2 heterocycles. The molecule has 2 aromatic heterocycles. The molecule has 0 aliphatic rings. The molecule has 0 spiro atoms. The zero-order valence-corrected chi connectivity index (χ0v) is 11.1. The van der Waals surface area contributed by atoms with Crippen LogP contribution in [-0.4, -0.2) is 6.54 Å². The number of nitrogens with one attached hydrogen (secondary N) is 1. The second kappa shape index (κ2) is 6.18. The molecule has 0 amide bonds. The van der Waals surface area contributed by atoms with Gasteiger partial charge in [-0.1, -0.05) is 12.1 Å². The van der Waals surface area contributed by atoms with Crippen LogP contribution in [0.25, 0.3) is 0 Å². The van der Waals surface area contributed by atoms with Gasteiger partial charge < -0.3 is 5.32 Å². The molecule has 0 aromatic carbocycles. The van der Waals surface area contributed by atoms with Gasteiger partial charge in [0.15, 0.2) is 0 Å². The van der Waals surface area contributed by atoms with Crippen molar-refractivity contribution in [2.75, 3.05) is 6.54 Å². The van der Waals surface area contributed by atoms with Gasteiger partial charge in [0, 0.05) is 15.8 Å². The number of hydrogen-bond acceptors (Lipinski definition) is 3. The van der Waals surface area contributed by atoms with Crippen LogP contribution in [0.3, 0.4) is 0 Å². The summed E-state index contributed by atoms with van der Waals surface area (Å²) in [6.07, 6.45) is 2.41. The van der Waals surface area contributed by atoms with Gasteiger partial charge in [-0.25, -0.2) is 0 Å². The van der Waals surface area contributed by atoms with E-state index < -0.39 is 0 Å². The van der Waals surface area contributed by atoms with Crippen LogP contribution in [0.5, 0.6) is 0 Å². The lowest BCUT2D eigenvalue weighted by atomic mass is 10.2. The van der Waals surface area contributed by atoms with Crippen molar-refractivity contribution < 1.29 is 0 Å². The van der Waals surface area contributed by atoms with Crippen molar-refractivity contribution in [1.82, 2.24) is 5.32 Å². The monoisotopic (exact) mass is 251 g/mol. The van der Waals surface area contributed by atoms with E-state index in [1.165, 1.54) is 22.6 Å². The molecule has 3 heteroatoms. The normalized spacial score (nSPS) is 12.8. The molecule has 0 bridgehead atoms. The van der Waals surface area contributed by atoms with Crippen LogP contribution in [0.2, 0.25) is 0 Å². The van der Waals surface area contributed by atoms with E-state index in [2.05, 4.69) is 47.3 Å². The van der Waals surface area contributed by atoms with Crippen LogP contribution < -0.4 is 5.32 Å². The zero-order chi connectivity index (χ0) is 11.2. The Morgan fingerprint density at radius 3 is 2.69 bits per heavy atom. The van der Waals surface area contributed by atoms with E-state index in [1.54, 1.807) is 0 Å². The maximum Gasteiger partial charge on any atom is 0.0386 e. The quantitative estimate of drug-likeness (QED) is 0.762. The molecule has 0 saturated carbocycles. The molecule has 0 aliphatic heterocycles.